The molecule has 0 aliphatic carbocycles. The number of rotatable bonds is 5. The van der Waals surface area contributed by atoms with Gasteiger partial charge in [0, 0.05) is 24.0 Å². The minimum Gasteiger partial charge on any atom is -0.481 e. The predicted molar refractivity (Wildman–Crippen MR) is 84.3 cm³/mol. The molecule has 1 heterocycles. The van der Waals surface area contributed by atoms with Gasteiger partial charge in [0.2, 0.25) is 0 Å². The molecule has 1 amide bonds. The van der Waals surface area contributed by atoms with Crippen LogP contribution in [0.25, 0.3) is 11.0 Å². The van der Waals surface area contributed by atoms with Gasteiger partial charge < -0.3 is 14.4 Å². The van der Waals surface area contributed by atoms with Crippen LogP contribution in [0, 0.1) is 20.8 Å². The summed E-state index contributed by atoms with van der Waals surface area (Å²) in [4.78, 5) is 24.9. The lowest BCUT2D eigenvalue weighted by atomic mass is 10.0. The van der Waals surface area contributed by atoms with Gasteiger partial charge in [-0.25, -0.2) is 0 Å². The summed E-state index contributed by atoms with van der Waals surface area (Å²) in [6.45, 7) is 8.26. The largest absolute Gasteiger partial charge is 0.481 e. The Labute approximate surface area is 129 Å². The van der Waals surface area contributed by atoms with Crippen LogP contribution in [0.15, 0.2) is 16.5 Å². The molecule has 0 aliphatic rings. The summed E-state index contributed by atoms with van der Waals surface area (Å²) >= 11 is 0. The summed E-state index contributed by atoms with van der Waals surface area (Å²) in [6, 6.07) is 3.98. The molecule has 0 spiro atoms. The quantitative estimate of drug-likeness (QED) is 0.920. The maximum absolute atomic E-state index is 12.6. The maximum atomic E-state index is 12.6. The van der Waals surface area contributed by atoms with Crippen molar-refractivity contribution in [3.05, 3.63) is 34.6 Å². The molecule has 0 unspecified atom stereocenters. The topological polar surface area (TPSA) is 70.8 Å². The van der Waals surface area contributed by atoms with E-state index in [1.807, 2.05) is 39.8 Å². The van der Waals surface area contributed by atoms with E-state index in [1.165, 1.54) is 4.90 Å². The first-order chi connectivity index (χ1) is 10.4. The number of benzene rings is 1. The zero-order valence-electron chi connectivity index (χ0n) is 13.4. The van der Waals surface area contributed by atoms with E-state index in [0.717, 1.165) is 27.7 Å². The number of carboxylic acids is 1. The summed E-state index contributed by atoms with van der Waals surface area (Å²) < 4.78 is 5.82. The molecule has 1 N–H and O–H groups in total. The Morgan fingerprint density at radius 1 is 1.18 bits per heavy atom. The van der Waals surface area contributed by atoms with Crippen LogP contribution in [0.2, 0.25) is 0 Å². The molecule has 0 saturated heterocycles. The lowest BCUT2D eigenvalue weighted by molar-refractivity contribution is -0.137. The molecule has 2 aromatic rings. The Morgan fingerprint density at radius 3 is 2.36 bits per heavy atom. The van der Waals surface area contributed by atoms with Crippen molar-refractivity contribution in [1.29, 1.82) is 0 Å². The number of carbonyl (C=O) groups excluding carboxylic acids is 1. The first-order valence-corrected chi connectivity index (χ1v) is 7.37. The summed E-state index contributed by atoms with van der Waals surface area (Å²) in [6.07, 6.45) is -0.0725. The molecule has 1 aromatic carbocycles. The van der Waals surface area contributed by atoms with Gasteiger partial charge in [0.15, 0.2) is 5.76 Å². The Balaban J connectivity index is 2.43. The van der Waals surface area contributed by atoms with Crippen molar-refractivity contribution in [2.45, 2.75) is 34.1 Å². The first-order valence-electron chi connectivity index (χ1n) is 7.37. The SMILES string of the molecule is CCN(CCC(=O)O)C(=O)c1oc2c(C)ccc(C)c2c1C. The fourth-order valence-electron chi connectivity index (χ4n) is 2.66. The second-order valence-electron chi connectivity index (χ2n) is 5.49. The average molecular weight is 303 g/mol. The van der Waals surface area contributed by atoms with Crippen LogP contribution in [-0.2, 0) is 4.79 Å². The van der Waals surface area contributed by atoms with Gasteiger partial charge >= 0.3 is 5.97 Å². The van der Waals surface area contributed by atoms with E-state index in [0.29, 0.717) is 12.3 Å². The third kappa shape index (κ3) is 2.84. The highest BCUT2D eigenvalue weighted by atomic mass is 16.4. The van der Waals surface area contributed by atoms with E-state index >= 15 is 0 Å². The maximum Gasteiger partial charge on any atom is 0.305 e. The summed E-state index contributed by atoms with van der Waals surface area (Å²) in [5.41, 5.74) is 3.59. The lowest BCUT2D eigenvalue weighted by Gasteiger charge is -2.18. The zero-order valence-corrected chi connectivity index (χ0v) is 13.4. The molecule has 0 atom stereocenters. The predicted octanol–water partition coefficient (Wildman–Crippen LogP) is 3.29. The van der Waals surface area contributed by atoms with Crippen molar-refractivity contribution in [2.24, 2.45) is 0 Å². The molecule has 0 saturated carbocycles. The molecule has 0 aliphatic heterocycles. The van der Waals surface area contributed by atoms with Gasteiger partial charge in [0.25, 0.3) is 5.91 Å². The van der Waals surface area contributed by atoms with Crippen LogP contribution >= 0.6 is 0 Å². The van der Waals surface area contributed by atoms with E-state index in [2.05, 4.69) is 0 Å². The highest BCUT2D eigenvalue weighted by Gasteiger charge is 2.24. The third-order valence-electron chi connectivity index (χ3n) is 3.94. The number of carboxylic acid groups (broad SMARTS) is 1. The summed E-state index contributed by atoms with van der Waals surface area (Å²) in [7, 11) is 0. The van der Waals surface area contributed by atoms with Gasteiger partial charge in [0.05, 0.1) is 6.42 Å². The average Bonchev–Trinajstić information content (AvgIpc) is 2.82. The molecule has 22 heavy (non-hydrogen) atoms. The van der Waals surface area contributed by atoms with Crippen LogP contribution in [0.1, 0.15) is 40.6 Å². The molecule has 5 nitrogen and oxygen atoms in total. The highest BCUT2D eigenvalue weighted by molar-refractivity contribution is 6.00. The van der Waals surface area contributed by atoms with E-state index in [-0.39, 0.29) is 18.9 Å². The lowest BCUT2D eigenvalue weighted by Crippen LogP contribution is -2.33. The number of carbonyl (C=O) groups is 2. The summed E-state index contributed by atoms with van der Waals surface area (Å²) in [5, 5.41) is 9.76. The molecule has 2 rings (SSSR count). The van der Waals surface area contributed by atoms with Crippen LogP contribution in [0.3, 0.4) is 0 Å². The molecule has 5 heteroatoms. The smallest absolute Gasteiger partial charge is 0.305 e. The number of hydrogen-bond acceptors (Lipinski definition) is 3. The number of hydrogen-bond donors (Lipinski definition) is 1. The van der Waals surface area contributed by atoms with Gasteiger partial charge in [-0.3, -0.25) is 9.59 Å². The van der Waals surface area contributed by atoms with Gasteiger partial charge in [-0.2, -0.15) is 0 Å². The molecular weight excluding hydrogens is 282 g/mol. The Hall–Kier alpha value is -2.30. The van der Waals surface area contributed by atoms with Crippen molar-refractivity contribution in [2.75, 3.05) is 13.1 Å². The van der Waals surface area contributed by atoms with Gasteiger partial charge in [0.1, 0.15) is 5.58 Å². The minimum atomic E-state index is -0.917. The van der Waals surface area contributed by atoms with Crippen LogP contribution in [-0.4, -0.2) is 35.0 Å². The van der Waals surface area contributed by atoms with E-state index in [4.69, 9.17) is 9.52 Å². The van der Waals surface area contributed by atoms with Gasteiger partial charge in [-0.15, -0.1) is 0 Å². The monoisotopic (exact) mass is 303 g/mol. The van der Waals surface area contributed by atoms with Gasteiger partial charge in [-0.1, -0.05) is 12.1 Å². The molecule has 1 aromatic heterocycles. The molecular formula is C17H21NO4. The molecule has 118 valence electrons. The Bertz CT molecular complexity index is 730. The van der Waals surface area contributed by atoms with Crippen molar-refractivity contribution in [3.8, 4) is 0 Å². The molecule has 0 bridgehead atoms. The van der Waals surface area contributed by atoms with Crippen molar-refractivity contribution in [1.82, 2.24) is 4.90 Å². The van der Waals surface area contributed by atoms with Crippen LogP contribution in [0.4, 0.5) is 0 Å². The van der Waals surface area contributed by atoms with E-state index in [1.54, 1.807) is 0 Å². The number of aryl methyl sites for hydroxylation is 3. The standard InChI is InChI=1S/C17H21NO4/c1-5-18(9-8-13(19)20)17(21)16-12(4)14-10(2)6-7-11(3)15(14)22-16/h6-7H,5,8-9H2,1-4H3,(H,19,20). The fraction of sp³-hybridized carbons (Fsp3) is 0.412. The molecule has 0 fully saturated rings. The Morgan fingerprint density at radius 2 is 1.82 bits per heavy atom. The Kier molecular flexibility index (Phi) is 4.54. The van der Waals surface area contributed by atoms with E-state index < -0.39 is 5.97 Å². The van der Waals surface area contributed by atoms with E-state index in [9.17, 15) is 9.59 Å². The number of furan rings is 1. The fourth-order valence-corrected chi connectivity index (χ4v) is 2.66. The summed E-state index contributed by atoms with van der Waals surface area (Å²) in [5.74, 6) is -0.866. The normalized spacial score (nSPS) is 10.9. The van der Waals surface area contributed by atoms with Crippen LogP contribution < -0.4 is 0 Å². The van der Waals surface area contributed by atoms with Crippen LogP contribution in [0.5, 0.6) is 0 Å². The second-order valence-corrected chi connectivity index (χ2v) is 5.49. The number of nitrogens with zero attached hydrogens (tertiary/aromatic N) is 1. The highest BCUT2D eigenvalue weighted by Crippen LogP contribution is 2.31. The number of amides is 1. The molecule has 0 radical (unpaired) electrons. The number of aliphatic carboxylic acids is 1. The zero-order chi connectivity index (χ0) is 16.4. The third-order valence-corrected chi connectivity index (χ3v) is 3.94. The van der Waals surface area contributed by atoms with Gasteiger partial charge in [-0.05, 0) is 38.8 Å². The second kappa shape index (κ2) is 6.22. The number of fused-ring (bicyclic) bond motifs is 1. The van der Waals surface area contributed by atoms with Crippen molar-refractivity contribution >= 4 is 22.8 Å². The first kappa shape index (κ1) is 16.1. The van der Waals surface area contributed by atoms with Crippen molar-refractivity contribution < 1.29 is 19.1 Å². The minimum absolute atomic E-state index is 0.0725. The van der Waals surface area contributed by atoms with Crippen molar-refractivity contribution in [3.63, 3.8) is 0 Å².